The minimum Gasteiger partial charge on any atom is -0.329 e. The Hall–Kier alpha value is -2.21. The van der Waals surface area contributed by atoms with E-state index in [4.69, 9.17) is 5.73 Å². The van der Waals surface area contributed by atoms with Crippen LogP contribution in [0.4, 0.5) is 5.69 Å². The van der Waals surface area contributed by atoms with Crippen LogP contribution in [0.25, 0.3) is 5.69 Å². The standard InChI is InChI=1S/C15H21N5O/c1-3-15(4-2,11-16)14(21)18-12-5-7-13(8-6-12)20-10-9-17-19-20/h5-10H,3-4,11,16H2,1-2H3,(H,18,21). The number of aromatic nitrogens is 3. The number of nitrogens with zero attached hydrogens (tertiary/aromatic N) is 3. The normalized spacial score (nSPS) is 11.4. The van der Waals surface area contributed by atoms with Crippen molar-refractivity contribution in [3.05, 3.63) is 36.7 Å². The highest BCUT2D eigenvalue weighted by molar-refractivity contribution is 5.95. The highest BCUT2D eigenvalue weighted by Gasteiger charge is 2.33. The second kappa shape index (κ2) is 6.49. The van der Waals surface area contributed by atoms with Crippen molar-refractivity contribution in [3.63, 3.8) is 0 Å². The molecule has 6 nitrogen and oxygen atoms in total. The lowest BCUT2D eigenvalue weighted by atomic mass is 9.81. The van der Waals surface area contributed by atoms with Crippen molar-refractivity contribution in [1.29, 1.82) is 0 Å². The van der Waals surface area contributed by atoms with Crippen molar-refractivity contribution in [3.8, 4) is 5.69 Å². The van der Waals surface area contributed by atoms with Crippen molar-refractivity contribution in [2.24, 2.45) is 11.1 Å². The average molecular weight is 287 g/mol. The van der Waals surface area contributed by atoms with E-state index in [2.05, 4.69) is 15.6 Å². The van der Waals surface area contributed by atoms with Gasteiger partial charge in [0, 0.05) is 12.2 Å². The second-order valence-corrected chi connectivity index (χ2v) is 5.04. The molecule has 2 rings (SSSR count). The van der Waals surface area contributed by atoms with E-state index < -0.39 is 5.41 Å². The second-order valence-electron chi connectivity index (χ2n) is 5.04. The first-order chi connectivity index (χ1) is 10.1. The molecule has 6 heteroatoms. The van der Waals surface area contributed by atoms with E-state index in [1.54, 1.807) is 17.1 Å². The Morgan fingerprint density at radius 3 is 2.43 bits per heavy atom. The van der Waals surface area contributed by atoms with Gasteiger partial charge in [-0.3, -0.25) is 4.79 Å². The van der Waals surface area contributed by atoms with Crippen molar-refractivity contribution in [2.45, 2.75) is 26.7 Å². The molecule has 112 valence electrons. The summed E-state index contributed by atoms with van der Waals surface area (Å²) < 4.78 is 1.66. The molecule has 0 aliphatic heterocycles. The van der Waals surface area contributed by atoms with Gasteiger partial charge in [0.2, 0.25) is 5.91 Å². The van der Waals surface area contributed by atoms with Crippen LogP contribution in [0, 0.1) is 5.41 Å². The fraction of sp³-hybridized carbons (Fsp3) is 0.400. The summed E-state index contributed by atoms with van der Waals surface area (Å²) >= 11 is 0. The quantitative estimate of drug-likeness (QED) is 0.850. The molecular weight excluding hydrogens is 266 g/mol. The number of amides is 1. The molecule has 0 spiro atoms. The summed E-state index contributed by atoms with van der Waals surface area (Å²) in [7, 11) is 0. The SMILES string of the molecule is CCC(CC)(CN)C(=O)Nc1ccc(-n2ccnn2)cc1. The smallest absolute Gasteiger partial charge is 0.231 e. The zero-order valence-electron chi connectivity index (χ0n) is 12.4. The molecule has 0 bridgehead atoms. The molecule has 1 aromatic heterocycles. The van der Waals surface area contributed by atoms with Gasteiger partial charge in [0.1, 0.15) is 0 Å². The third-order valence-corrected chi connectivity index (χ3v) is 4.04. The van der Waals surface area contributed by atoms with Crippen LogP contribution < -0.4 is 11.1 Å². The number of benzene rings is 1. The molecule has 2 aromatic rings. The molecule has 0 atom stereocenters. The number of carbonyl (C=O) groups is 1. The van der Waals surface area contributed by atoms with E-state index in [1.807, 2.05) is 38.1 Å². The van der Waals surface area contributed by atoms with Crippen LogP contribution in [-0.2, 0) is 4.79 Å². The third kappa shape index (κ3) is 3.11. The van der Waals surface area contributed by atoms with Gasteiger partial charge in [-0.2, -0.15) is 0 Å². The molecule has 21 heavy (non-hydrogen) atoms. The molecule has 0 saturated heterocycles. The number of anilines is 1. The first-order valence-electron chi connectivity index (χ1n) is 7.13. The van der Waals surface area contributed by atoms with E-state index in [0.29, 0.717) is 6.54 Å². The van der Waals surface area contributed by atoms with Crippen molar-refractivity contribution < 1.29 is 4.79 Å². The van der Waals surface area contributed by atoms with Gasteiger partial charge in [0.15, 0.2) is 0 Å². The summed E-state index contributed by atoms with van der Waals surface area (Å²) in [5, 5.41) is 10.6. The molecule has 3 N–H and O–H groups in total. The monoisotopic (exact) mass is 287 g/mol. The van der Waals surface area contributed by atoms with Crippen molar-refractivity contribution in [1.82, 2.24) is 15.0 Å². The predicted octanol–water partition coefficient (Wildman–Crippen LogP) is 1.97. The van der Waals surface area contributed by atoms with E-state index in [9.17, 15) is 4.79 Å². The van der Waals surface area contributed by atoms with Crippen LogP contribution in [0.15, 0.2) is 36.7 Å². The first kappa shape index (κ1) is 15.2. The molecular formula is C15H21N5O. The average Bonchev–Trinajstić information content (AvgIpc) is 3.05. The number of nitrogens with two attached hydrogens (primary N) is 1. The molecule has 1 heterocycles. The summed E-state index contributed by atoms with van der Waals surface area (Å²) in [6.07, 6.45) is 4.83. The number of carbonyl (C=O) groups excluding carboxylic acids is 1. The number of rotatable bonds is 6. The largest absolute Gasteiger partial charge is 0.329 e. The lowest BCUT2D eigenvalue weighted by Crippen LogP contribution is -2.41. The van der Waals surface area contributed by atoms with Gasteiger partial charge in [-0.25, -0.2) is 4.68 Å². The maximum atomic E-state index is 12.4. The number of hydrogen-bond acceptors (Lipinski definition) is 4. The summed E-state index contributed by atoms with van der Waals surface area (Å²) in [6, 6.07) is 7.46. The van der Waals surface area contributed by atoms with Crippen molar-refractivity contribution >= 4 is 11.6 Å². The van der Waals surface area contributed by atoms with Gasteiger partial charge < -0.3 is 11.1 Å². The molecule has 1 aromatic carbocycles. The predicted molar refractivity (Wildman–Crippen MR) is 82.1 cm³/mol. The summed E-state index contributed by atoms with van der Waals surface area (Å²) in [4.78, 5) is 12.4. The highest BCUT2D eigenvalue weighted by Crippen LogP contribution is 2.27. The fourth-order valence-electron chi connectivity index (χ4n) is 2.26. The van der Waals surface area contributed by atoms with E-state index >= 15 is 0 Å². The molecule has 0 aliphatic rings. The molecule has 0 radical (unpaired) electrons. The van der Waals surface area contributed by atoms with Gasteiger partial charge in [0.25, 0.3) is 0 Å². The van der Waals surface area contributed by atoms with Gasteiger partial charge >= 0.3 is 0 Å². The Morgan fingerprint density at radius 2 is 1.95 bits per heavy atom. The number of hydrogen-bond donors (Lipinski definition) is 2. The summed E-state index contributed by atoms with van der Waals surface area (Å²) in [5.41, 5.74) is 6.94. The van der Waals surface area contributed by atoms with E-state index in [0.717, 1.165) is 24.2 Å². The molecule has 0 saturated carbocycles. The summed E-state index contributed by atoms with van der Waals surface area (Å²) in [6.45, 7) is 4.33. The molecule has 0 aliphatic carbocycles. The minimum absolute atomic E-state index is 0.0245. The molecule has 0 unspecified atom stereocenters. The number of nitrogens with one attached hydrogen (secondary N) is 1. The van der Waals surface area contributed by atoms with Gasteiger partial charge in [-0.05, 0) is 37.1 Å². The molecule has 0 fully saturated rings. The Labute approximate surface area is 124 Å². The lowest BCUT2D eigenvalue weighted by Gasteiger charge is -2.28. The highest BCUT2D eigenvalue weighted by atomic mass is 16.2. The summed E-state index contributed by atoms with van der Waals surface area (Å²) in [5.74, 6) is -0.0245. The van der Waals surface area contributed by atoms with E-state index in [1.165, 1.54) is 0 Å². The van der Waals surface area contributed by atoms with Gasteiger partial charge in [-0.15, -0.1) is 5.10 Å². The van der Waals surface area contributed by atoms with Gasteiger partial charge in [0.05, 0.1) is 23.5 Å². The van der Waals surface area contributed by atoms with Gasteiger partial charge in [-0.1, -0.05) is 19.1 Å². The Bertz CT molecular complexity index is 564. The van der Waals surface area contributed by atoms with Crippen LogP contribution in [-0.4, -0.2) is 27.4 Å². The topological polar surface area (TPSA) is 85.8 Å². The van der Waals surface area contributed by atoms with Crippen LogP contribution in [0.3, 0.4) is 0 Å². The van der Waals surface area contributed by atoms with Crippen LogP contribution >= 0.6 is 0 Å². The first-order valence-corrected chi connectivity index (χ1v) is 7.13. The fourth-order valence-corrected chi connectivity index (χ4v) is 2.26. The Morgan fingerprint density at radius 1 is 1.29 bits per heavy atom. The van der Waals surface area contributed by atoms with E-state index in [-0.39, 0.29) is 5.91 Å². The van der Waals surface area contributed by atoms with Crippen molar-refractivity contribution in [2.75, 3.05) is 11.9 Å². The Kier molecular flexibility index (Phi) is 4.70. The van der Waals surface area contributed by atoms with Crippen LogP contribution in [0.2, 0.25) is 0 Å². The zero-order chi connectivity index (χ0) is 15.3. The molecule has 1 amide bonds. The van der Waals surface area contributed by atoms with Crippen LogP contribution in [0.1, 0.15) is 26.7 Å². The van der Waals surface area contributed by atoms with Crippen LogP contribution in [0.5, 0.6) is 0 Å². The Balaban J connectivity index is 2.11. The lowest BCUT2D eigenvalue weighted by molar-refractivity contribution is -0.125. The maximum Gasteiger partial charge on any atom is 0.231 e. The minimum atomic E-state index is -0.495. The third-order valence-electron chi connectivity index (χ3n) is 4.04. The maximum absolute atomic E-state index is 12.4. The zero-order valence-corrected chi connectivity index (χ0v) is 12.4.